The first kappa shape index (κ1) is 10.7. The molecule has 2 heterocycles. The van der Waals surface area contributed by atoms with Crippen LogP contribution in [0.1, 0.15) is 18.4 Å². The lowest BCUT2D eigenvalue weighted by atomic mass is 10.2. The quantitative estimate of drug-likeness (QED) is 0.853. The van der Waals surface area contributed by atoms with Crippen LogP contribution in [0.2, 0.25) is 0 Å². The summed E-state index contributed by atoms with van der Waals surface area (Å²) in [6, 6.07) is 8.28. The average Bonchev–Trinajstić information content (AvgIpc) is 2.74. The maximum absolute atomic E-state index is 5.31. The number of aryl methyl sites for hydroxylation is 1. The summed E-state index contributed by atoms with van der Waals surface area (Å²) in [4.78, 5) is 4.24. The molecule has 0 saturated heterocycles. The summed E-state index contributed by atoms with van der Waals surface area (Å²) >= 11 is 0. The molecule has 0 spiro atoms. The molecule has 3 nitrogen and oxygen atoms in total. The van der Waals surface area contributed by atoms with Gasteiger partial charge in [0, 0.05) is 18.2 Å². The molecule has 1 unspecified atom stereocenters. The van der Waals surface area contributed by atoms with Crippen LogP contribution in [0.25, 0.3) is 0 Å². The topological polar surface area (TPSA) is 38.1 Å². The zero-order valence-electron chi connectivity index (χ0n) is 9.60. The monoisotopic (exact) mass is 216 g/mol. The third kappa shape index (κ3) is 2.86. The minimum absolute atomic E-state index is 0.329. The van der Waals surface area contributed by atoms with E-state index in [-0.39, 0.29) is 0 Å². The van der Waals surface area contributed by atoms with Crippen LogP contribution in [-0.2, 0) is 6.42 Å². The van der Waals surface area contributed by atoms with E-state index in [4.69, 9.17) is 4.42 Å². The second-order valence-electron chi connectivity index (χ2n) is 4.02. The molecule has 0 aromatic carbocycles. The zero-order chi connectivity index (χ0) is 11.4. The summed E-state index contributed by atoms with van der Waals surface area (Å²) in [5, 5.41) is 3.38. The Labute approximate surface area is 95.5 Å². The van der Waals surface area contributed by atoms with E-state index in [0.717, 1.165) is 23.6 Å². The number of anilines is 1. The summed E-state index contributed by atoms with van der Waals surface area (Å²) in [5.74, 6) is 1.00. The van der Waals surface area contributed by atoms with Crippen molar-refractivity contribution >= 4 is 5.69 Å². The number of pyridine rings is 1. The number of furan rings is 1. The highest BCUT2D eigenvalue weighted by Crippen LogP contribution is 2.10. The Kier molecular flexibility index (Phi) is 3.25. The van der Waals surface area contributed by atoms with Crippen LogP contribution >= 0.6 is 0 Å². The fourth-order valence-electron chi connectivity index (χ4n) is 1.62. The molecule has 0 fully saturated rings. The fourth-order valence-corrected chi connectivity index (χ4v) is 1.62. The van der Waals surface area contributed by atoms with Gasteiger partial charge in [0.15, 0.2) is 0 Å². The van der Waals surface area contributed by atoms with Crippen molar-refractivity contribution in [1.29, 1.82) is 0 Å². The molecule has 2 aromatic rings. The second-order valence-corrected chi connectivity index (χ2v) is 4.02. The van der Waals surface area contributed by atoms with Crippen molar-refractivity contribution in [3.63, 3.8) is 0 Å². The molecule has 84 valence electrons. The molecule has 0 saturated carbocycles. The van der Waals surface area contributed by atoms with E-state index in [1.807, 2.05) is 37.4 Å². The summed E-state index contributed by atoms with van der Waals surface area (Å²) in [7, 11) is 0. The Balaban J connectivity index is 1.92. The SMILES string of the molecule is Cc1ccc(NC(C)Cc2ccco2)cn1. The number of nitrogens with zero attached hydrogens (tertiary/aromatic N) is 1. The number of rotatable bonds is 4. The van der Waals surface area contributed by atoms with Crippen LogP contribution in [0, 0.1) is 6.92 Å². The first-order chi connectivity index (χ1) is 7.74. The van der Waals surface area contributed by atoms with Gasteiger partial charge in [-0.1, -0.05) is 0 Å². The number of hydrogen-bond donors (Lipinski definition) is 1. The van der Waals surface area contributed by atoms with Crippen LogP contribution in [0.5, 0.6) is 0 Å². The van der Waals surface area contributed by atoms with Gasteiger partial charge < -0.3 is 9.73 Å². The van der Waals surface area contributed by atoms with E-state index in [1.54, 1.807) is 6.26 Å². The third-order valence-corrected chi connectivity index (χ3v) is 2.41. The predicted molar refractivity (Wildman–Crippen MR) is 64.5 cm³/mol. The van der Waals surface area contributed by atoms with Crippen LogP contribution < -0.4 is 5.32 Å². The minimum Gasteiger partial charge on any atom is -0.469 e. The molecule has 0 aliphatic heterocycles. The lowest BCUT2D eigenvalue weighted by molar-refractivity contribution is 0.498. The van der Waals surface area contributed by atoms with E-state index >= 15 is 0 Å². The highest BCUT2D eigenvalue weighted by Gasteiger charge is 2.05. The summed E-state index contributed by atoms with van der Waals surface area (Å²) in [6.45, 7) is 4.11. The number of nitrogens with one attached hydrogen (secondary N) is 1. The zero-order valence-corrected chi connectivity index (χ0v) is 9.60. The van der Waals surface area contributed by atoms with Gasteiger partial charge in [0.05, 0.1) is 18.1 Å². The Morgan fingerprint density at radius 3 is 2.88 bits per heavy atom. The third-order valence-electron chi connectivity index (χ3n) is 2.41. The maximum Gasteiger partial charge on any atom is 0.105 e. The smallest absolute Gasteiger partial charge is 0.105 e. The van der Waals surface area contributed by atoms with Gasteiger partial charge in [-0.05, 0) is 38.1 Å². The standard InChI is InChI=1S/C13H16N2O/c1-10-5-6-12(9-14-10)15-11(2)8-13-4-3-7-16-13/h3-7,9,11,15H,8H2,1-2H3. The van der Waals surface area contributed by atoms with Crippen LogP contribution in [0.4, 0.5) is 5.69 Å². The van der Waals surface area contributed by atoms with Crippen molar-refractivity contribution in [2.24, 2.45) is 0 Å². The average molecular weight is 216 g/mol. The van der Waals surface area contributed by atoms with Gasteiger partial charge in [-0.15, -0.1) is 0 Å². The molecule has 0 aliphatic carbocycles. The highest BCUT2D eigenvalue weighted by molar-refractivity contribution is 5.41. The van der Waals surface area contributed by atoms with Crippen molar-refractivity contribution < 1.29 is 4.42 Å². The molecule has 0 radical (unpaired) electrons. The van der Waals surface area contributed by atoms with Crippen molar-refractivity contribution in [3.8, 4) is 0 Å². The number of hydrogen-bond acceptors (Lipinski definition) is 3. The van der Waals surface area contributed by atoms with Gasteiger partial charge in [-0.25, -0.2) is 0 Å². The van der Waals surface area contributed by atoms with Gasteiger partial charge >= 0.3 is 0 Å². The fraction of sp³-hybridized carbons (Fsp3) is 0.308. The molecular formula is C13H16N2O. The summed E-state index contributed by atoms with van der Waals surface area (Å²) in [5.41, 5.74) is 2.08. The summed E-state index contributed by atoms with van der Waals surface area (Å²) < 4.78 is 5.31. The lowest BCUT2D eigenvalue weighted by Gasteiger charge is -2.13. The maximum atomic E-state index is 5.31. The Hall–Kier alpha value is -1.77. The normalized spacial score (nSPS) is 12.4. The molecule has 0 amide bonds. The molecular weight excluding hydrogens is 200 g/mol. The Bertz CT molecular complexity index is 420. The van der Waals surface area contributed by atoms with Gasteiger partial charge in [-0.3, -0.25) is 4.98 Å². The van der Waals surface area contributed by atoms with Crippen molar-refractivity contribution in [2.75, 3.05) is 5.32 Å². The predicted octanol–water partition coefficient (Wildman–Crippen LogP) is 3.03. The van der Waals surface area contributed by atoms with Crippen LogP contribution in [-0.4, -0.2) is 11.0 Å². The van der Waals surface area contributed by atoms with Gasteiger partial charge in [0.2, 0.25) is 0 Å². The largest absolute Gasteiger partial charge is 0.469 e. The van der Waals surface area contributed by atoms with E-state index in [2.05, 4.69) is 17.2 Å². The Morgan fingerprint density at radius 1 is 1.38 bits per heavy atom. The van der Waals surface area contributed by atoms with Gasteiger partial charge in [0.25, 0.3) is 0 Å². The first-order valence-electron chi connectivity index (χ1n) is 5.45. The van der Waals surface area contributed by atoms with Crippen LogP contribution in [0.15, 0.2) is 41.1 Å². The van der Waals surface area contributed by atoms with Crippen molar-refractivity contribution in [2.45, 2.75) is 26.3 Å². The van der Waals surface area contributed by atoms with Gasteiger partial charge in [0.1, 0.15) is 5.76 Å². The molecule has 3 heteroatoms. The van der Waals surface area contributed by atoms with E-state index < -0.39 is 0 Å². The molecule has 0 aliphatic rings. The van der Waals surface area contributed by atoms with E-state index in [0.29, 0.717) is 6.04 Å². The first-order valence-corrected chi connectivity index (χ1v) is 5.45. The lowest BCUT2D eigenvalue weighted by Crippen LogP contribution is -2.17. The minimum atomic E-state index is 0.329. The molecule has 2 aromatic heterocycles. The highest BCUT2D eigenvalue weighted by atomic mass is 16.3. The molecule has 1 atom stereocenters. The Morgan fingerprint density at radius 2 is 2.25 bits per heavy atom. The van der Waals surface area contributed by atoms with Crippen LogP contribution in [0.3, 0.4) is 0 Å². The molecule has 1 N–H and O–H groups in total. The summed E-state index contributed by atoms with van der Waals surface area (Å²) in [6.07, 6.45) is 4.43. The number of aromatic nitrogens is 1. The van der Waals surface area contributed by atoms with E-state index in [9.17, 15) is 0 Å². The van der Waals surface area contributed by atoms with E-state index in [1.165, 1.54) is 0 Å². The van der Waals surface area contributed by atoms with Crippen molar-refractivity contribution in [1.82, 2.24) is 4.98 Å². The second kappa shape index (κ2) is 4.84. The van der Waals surface area contributed by atoms with Crippen molar-refractivity contribution in [3.05, 3.63) is 48.2 Å². The molecule has 16 heavy (non-hydrogen) atoms. The molecule has 0 bridgehead atoms. The molecule has 2 rings (SSSR count). The van der Waals surface area contributed by atoms with Gasteiger partial charge in [-0.2, -0.15) is 0 Å².